The maximum atomic E-state index is 12.0. The van der Waals surface area contributed by atoms with Crippen molar-refractivity contribution in [2.24, 2.45) is 0 Å². The van der Waals surface area contributed by atoms with Gasteiger partial charge in [-0.2, -0.15) is 0 Å². The minimum absolute atomic E-state index is 0.0102. The zero-order valence-electron chi connectivity index (χ0n) is 15.7. The van der Waals surface area contributed by atoms with Crippen LogP contribution in [-0.4, -0.2) is 74.2 Å². The number of carbonyl (C=O) groups is 1. The van der Waals surface area contributed by atoms with Crippen molar-refractivity contribution >= 4 is 22.4 Å². The van der Waals surface area contributed by atoms with E-state index in [0.29, 0.717) is 18.1 Å². The Kier molecular flexibility index (Phi) is 5.18. The molecule has 0 atom stereocenters. The Bertz CT molecular complexity index is 815. The Morgan fingerprint density at radius 2 is 1.89 bits per heavy atom. The van der Waals surface area contributed by atoms with Crippen molar-refractivity contribution in [2.45, 2.75) is 6.54 Å². The lowest BCUT2D eigenvalue weighted by atomic mass is 10.1. The maximum Gasteiger partial charge on any atom is 0.265 e. The summed E-state index contributed by atoms with van der Waals surface area (Å²) in [7, 11) is 3.52. The van der Waals surface area contributed by atoms with Crippen LogP contribution in [0.3, 0.4) is 0 Å². The summed E-state index contributed by atoms with van der Waals surface area (Å²) in [4.78, 5) is 23.5. The molecular formula is C19H24N4O3S. The number of piperazine rings is 1. The number of amides is 1. The number of nitrogens with zero attached hydrogens (tertiary/aromatic N) is 4. The average Bonchev–Trinajstić information content (AvgIpc) is 3.18. The molecule has 0 N–H and O–H groups in total. The van der Waals surface area contributed by atoms with Gasteiger partial charge in [0.05, 0.1) is 6.20 Å². The second-order valence-corrected chi connectivity index (χ2v) is 7.96. The van der Waals surface area contributed by atoms with Gasteiger partial charge in [-0.15, -0.1) is 0 Å². The molecule has 0 bridgehead atoms. The van der Waals surface area contributed by atoms with Crippen LogP contribution in [0.4, 0.5) is 5.13 Å². The smallest absolute Gasteiger partial charge is 0.265 e. The van der Waals surface area contributed by atoms with Crippen LogP contribution >= 0.6 is 11.3 Å². The van der Waals surface area contributed by atoms with Gasteiger partial charge in [-0.05, 0) is 17.7 Å². The van der Waals surface area contributed by atoms with E-state index in [9.17, 15) is 4.79 Å². The second-order valence-electron chi connectivity index (χ2n) is 6.95. The Morgan fingerprint density at radius 1 is 1.15 bits per heavy atom. The molecule has 4 rings (SSSR count). The molecule has 27 heavy (non-hydrogen) atoms. The maximum absolute atomic E-state index is 12.0. The number of anilines is 1. The highest BCUT2D eigenvalue weighted by molar-refractivity contribution is 7.17. The molecule has 1 aromatic carbocycles. The lowest BCUT2D eigenvalue weighted by Crippen LogP contribution is -2.45. The summed E-state index contributed by atoms with van der Waals surface area (Å²) in [5.74, 6) is 1.69. The second kappa shape index (κ2) is 7.74. The first-order valence-electron chi connectivity index (χ1n) is 9.13. The average molecular weight is 388 g/mol. The number of carbonyl (C=O) groups excluding carboxylic acids is 1. The van der Waals surface area contributed by atoms with Gasteiger partial charge in [0.15, 0.2) is 16.6 Å². The van der Waals surface area contributed by atoms with Crippen LogP contribution in [-0.2, 0) is 6.54 Å². The van der Waals surface area contributed by atoms with Crippen LogP contribution in [0.5, 0.6) is 11.5 Å². The van der Waals surface area contributed by atoms with E-state index in [1.54, 1.807) is 25.2 Å². The predicted octanol–water partition coefficient (Wildman–Crippen LogP) is 1.94. The Labute approximate surface area is 163 Å². The van der Waals surface area contributed by atoms with Gasteiger partial charge in [0.25, 0.3) is 5.91 Å². The fourth-order valence-electron chi connectivity index (χ4n) is 3.27. The molecule has 3 heterocycles. The number of hydrogen-bond acceptors (Lipinski definition) is 7. The Balaban J connectivity index is 1.33. The molecule has 144 valence electrons. The summed E-state index contributed by atoms with van der Waals surface area (Å²) in [6.45, 7) is 5.87. The van der Waals surface area contributed by atoms with E-state index < -0.39 is 0 Å². The zero-order chi connectivity index (χ0) is 18.8. The van der Waals surface area contributed by atoms with Crippen molar-refractivity contribution in [3.05, 3.63) is 34.8 Å². The van der Waals surface area contributed by atoms with E-state index in [-0.39, 0.29) is 5.91 Å². The summed E-state index contributed by atoms with van der Waals surface area (Å²) in [5.41, 5.74) is 1.24. The molecule has 7 nitrogen and oxygen atoms in total. The van der Waals surface area contributed by atoms with Gasteiger partial charge in [-0.1, -0.05) is 17.4 Å². The Hall–Kier alpha value is -2.32. The first-order chi connectivity index (χ1) is 13.1. The van der Waals surface area contributed by atoms with Gasteiger partial charge in [0.2, 0.25) is 0 Å². The highest BCUT2D eigenvalue weighted by atomic mass is 32.1. The van der Waals surface area contributed by atoms with Crippen LogP contribution in [0.1, 0.15) is 15.2 Å². The molecule has 8 heteroatoms. The SMILES string of the molecule is CN(C)C(=O)c1cnc(N2CCN(Cc3ccc4c(c3)OCCO4)CC2)s1. The molecule has 0 spiro atoms. The van der Waals surface area contributed by atoms with Crippen molar-refractivity contribution in [3.63, 3.8) is 0 Å². The number of aromatic nitrogens is 1. The third kappa shape index (κ3) is 4.01. The van der Waals surface area contributed by atoms with Crippen molar-refractivity contribution in [2.75, 3.05) is 58.4 Å². The number of thiazole rings is 1. The van der Waals surface area contributed by atoms with Gasteiger partial charge in [0.1, 0.15) is 18.1 Å². The van der Waals surface area contributed by atoms with Crippen molar-refractivity contribution in [3.8, 4) is 11.5 Å². The standard InChI is InChI=1S/C19H24N4O3S/c1-21(2)18(24)17-12-20-19(27-17)23-7-5-22(6-8-23)13-14-3-4-15-16(11-14)26-10-9-25-15/h3-4,11-12H,5-10,13H2,1-2H3. The number of benzene rings is 1. The molecule has 1 amide bonds. The van der Waals surface area contributed by atoms with Crippen molar-refractivity contribution in [1.29, 1.82) is 0 Å². The lowest BCUT2D eigenvalue weighted by molar-refractivity contribution is 0.0832. The van der Waals surface area contributed by atoms with E-state index in [0.717, 1.165) is 49.4 Å². The van der Waals surface area contributed by atoms with E-state index in [4.69, 9.17) is 9.47 Å². The molecule has 2 aliphatic rings. The van der Waals surface area contributed by atoms with Crippen molar-refractivity contribution < 1.29 is 14.3 Å². The number of hydrogen-bond donors (Lipinski definition) is 0. The van der Waals surface area contributed by atoms with E-state index >= 15 is 0 Å². The highest BCUT2D eigenvalue weighted by Crippen LogP contribution is 2.31. The fraction of sp³-hybridized carbons (Fsp3) is 0.474. The molecule has 2 aromatic rings. The summed E-state index contributed by atoms with van der Waals surface area (Å²) in [6, 6.07) is 6.19. The van der Waals surface area contributed by atoms with Gasteiger partial charge < -0.3 is 19.3 Å². The van der Waals surface area contributed by atoms with Crippen LogP contribution in [0.15, 0.2) is 24.4 Å². The number of fused-ring (bicyclic) bond motifs is 1. The fourth-order valence-corrected chi connectivity index (χ4v) is 4.26. The number of ether oxygens (including phenoxy) is 2. The minimum atomic E-state index is 0.0102. The minimum Gasteiger partial charge on any atom is -0.486 e. The molecule has 0 radical (unpaired) electrons. The molecule has 0 aliphatic carbocycles. The molecule has 1 saturated heterocycles. The zero-order valence-corrected chi connectivity index (χ0v) is 16.5. The van der Waals surface area contributed by atoms with Crippen LogP contribution < -0.4 is 14.4 Å². The quantitative estimate of drug-likeness (QED) is 0.798. The van der Waals surface area contributed by atoms with Gasteiger partial charge in [-0.25, -0.2) is 4.98 Å². The summed E-state index contributed by atoms with van der Waals surface area (Å²) < 4.78 is 11.3. The van der Waals surface area contributed by atoms with Gasteiger partial charge in [0, 0.05) is 46.8 Å². The predicted molar refractivity (Wildman–Crippen MR) is 105 cm³/mol. The topological polar surface area (TPSA) is 58.1 Å². The molecule has 0 saturated carbocycles. The summed E-state index contributed by atoms with van der Waals surface area (Å²) in [6.07, 6.45) is 1.68. The third-order valence-corrected chi connectivity index (χ3v) is 5.81. The number of rotatable bonds is 4. The van der Waals surface area contributed by atoms with Crippen LogP contribution in [0, 0.1) is 0 Å². The van der Waals surface area contributed by atoms with Crippen molar-refractivity contribution in [1.82, 2.24) is 14.8 Å². The summed E-state index contributed by atoms with van der Waals surface area (Å²) >= 11 is 1.47. The first-order valence-corrected chi connectivity index (χ1v) is 9.95. The first kappa shape index (κ1) is 18.1. The highest BCUT2D eigenvalue weighted by Gasteiger charge is 2.22. The third-order valence-electron chi connectivity index (χ3n) is 4.77. The van der Waals surface area contributed by atoms with Crippen LogP contribution in [0.2, 0.25) is 0 Å². The van der Waals surface area contributed by atoms with Gasteiger partial charge >= 0.3 is 0 Å². The molecule has 0 unspecified atom stereocenters. The molecule has 2 aliphatic heterocycles. The monoisotopic (exact) mass is 388 g/mol. The molecule has 1 fully saturated rings. The largest absolute Gasteiger partial charge is 0.486 e. The Morgan fingerprint density at radius 3 is 2.63 bits per heavy atom. The normalized spacial score (nSPS) is 17.0. The molecular weight excluding hydrogens is 364 g/mol. The van der Waals surface area contributed by atoms with E-state index in [2.05, 4.69) is 26.9 Å². The van der Waals surface area contributed by atoms with Crippen LogP contribution in [0.25, 0.3) is 0 Å². The van der Waals surface area contributed by atoms with E-state index in [1.165, 1.54) is 16.9 Å². The molecule has 1 aromatic heterocycles. The van der Waals surface area contributed by atoms with E-state index in [1.807, 2.05) is 6.07 Å². The van der Waals surface area contributed by atoms with Gasteiger partial charge in [-0.3, -0.25) is 9.69 Å². The lowest BCUT2D eigenvalue weighted by Gasteiger charge is -2.34. The summed E-state index contributed by atoms with van der Waals surface area (Å²) in [5, 5.41) is 0.930.